The third-order valence-electron chi connectivity index (χ3n) is 3.51. The van der Waals surface area contributed by atoms with Gasteiger partial charge in [0, 0.05) is 17.6 Å². The van der Waals surface area contributed by atoms with Gasteiger partial charge >= 0.3 is 0 Å². The minimum Gasteiger partial charge on any atom is -0.357 e. The first-order chi connectivity index (χ1) is 9.74. The van der Waals surface area contributed by atoms with Gasteiger partial charge < -0.3 is 15.5 Å². The van der Waals surface area contributed by atoms with Crippen molar-refractivity contribution in [1.29, 1.82) is 5.41 Å². The van der Waals surface area contributed by atoms with Gasteiger partial charge in [0.25, 0.3) is 0 Å². The molecule has 1 aromatic rings. The Balaban J connectivity index is 0.00000220. The number of likely N-dealkylation sites (tertiary alicyclic amines) is 1. The van der Waals surface area contributed by atoms with E-state index in [0.29, 0.717) is 12.5 Å². The van der Waals surface area contributed by atoms with E-state index in [1.54, 1.807) is 0 Å². The van der Waals surface area contributed by atoms with Crippen LogP contribution in [0.3, 0.4) is 0 Å². The monoisotopic (exact) mass is 410 g/mol. The molecule has 0 bridgehead atoms. The second kappa shape index (κ2) is 12.0. The minimum absolute atomic E-state index is 0. The number of guanidine groups is 1. The van der Waals surface area contributed by atoms with E-state index in [2.05, 4.69) is 43.6 Å². The summed E-state index contributed by atoms with van der Waals surface area (Å²) < 4.78 is 1.07. The fraction of sp³-hybridized carbons (Fsp3) is 0.533. The van der Waals surface area contributed by atoms with Crippen LogP contribution in [0.4, 0.5) is 0 Å². The highest BCUT2D eigenvalue weighted by atomic mass is 79.9. The molecule has 0 spiro atoms. The number of halogens is 3. The lowest BCUT2D eigenvalue weighted by atomic mass is 10.2. The lowest BCUT2D eigenvalue weighted by Crippen LogP contribution is -2.37. The lowest BCUT2D eigenvalue weighted by molar-refractivity contribution is 0.334. The third kappa shape index (κ3) is 8.22. The quantitative estimate of drug-likeness (QED) is 0.382. The van der Waals surface area contributed by atoms with Crippen LogP contribution >= 0.6 is 40.7 Å². The second-order valence-electron chi connectivity index (χ2n) is 5.19. The summed E-state index contributed by atoms with van der Waals surface area (Å²) in [6.07, 6.45) is 3.79. The number of hydrogen-bond acceptors (Lipinski definition) is 2. The molecule has 0 aliphatic carbocycles. The van der Waals surface area contributed by atoms with Gasteiger partial charge in [0.2, 0.25) is 0 Å². The van der Waals surface area contributed by atoms with E-state index >= 15 is 0 Å². The molecular formula is C15H25BrCl2N4. The maximum absolute atomic E-state index is 7.83. The molecule has 0 aromatic heterocycles. The Hall–Kier alpha value is -0.490. The summed E-state index contributed by atoms with van der Waals surface area (Å²) in [4.78, 5) is 2.50. The molecule has 4 nitrogen and oxygen atoms in total. The zero-order valence-electron chi connectivity index (χ0n) is 12.6. The van der Waals surface area contributed by atoms with Gasteiger partial charge in [0.15, 0.2) is 5.96 Å². The van der Waals surface area contributed by atoms with E-state index in [1.165, 1.54) is 31.5 Å². The normalized spacial score (nSPS) is 13.9. The first-order valence-corrected chi connectivity index (χ1v) is 8.06. The Morgan fingerprint density at radius 3 is 2.59 bits per heavy atom. The Morgan fingerprint density at radius 1 is 1.18 bits per heavy atom. The van der Waals surface area contributed by atoms with Crippen LogP contribution in [0.2, 0.25) is 0 Å². The van der Waals surface area contributed by atoms with Gasteiger partial charge in [-0.25, -0.2) is 0 Å². The number of rotatable bonds is 6. The molecule has 126 valence electrons. The highest BCUT2D eigenvalue weighted by Gasteiger charge is 2.10. The van der Waals surface area contributed by atoms with Crippen molar-refractivity contribution in [3.63, 3.8) is 0 Å². The molecule has 0 saturated carbocycles. The van der Waals surface area contributed by atoms with Crippen LogP contribution in [0.5, 0.6) is 0 Å². The predicted octanol–water partition coefficient (Wildman–Crippen LogP) is 3.39. The molecule has 2 rings (SSSR count). The summed E-state index contributed by atoms with van der Waals surface area (Å²) in [6.45, 7) is 5.18. The summed E-state index contributed by atoms with van der Waals surface area (Å²) >= 11 is 3.45. The van der Waals surface area contributed by atoms with Crippen molar-refractivity contribution < 1.29 is 0 Å². The number of nitrogens with zero attached hydrogens (tertiary/aromatic N) is 1. The molecule has 1 aliphatic heterocycles. The van der Waals surface area contributed by atoms with E-state index < -0.39 is 0 Å². The predicted molar refractivity (Wildman–Crippen MR) is 101 cm³/mol. The molecule has 0 radical (unpaired) electrons. The fourth-order valence-corrected chi connectivity index (χ4v) is 2.87. The minimum atomic E-state index is 0. The average Bonchev–Trinajstić information content (AvgIpc) is 2.95. The van der Waals surface area contributed by atoms with Crippen LogP contribution in [0.1, 0.15) is 24.8 Å². The molecule has 22 heavy (non-hydrogen) atoms. The Morgan fingerprint density at radius 2 is 1.91 bits per heavy atom. The molecule has 1 saturated heterocycles. The van der Waals surface area contributed by atoms with Crippen LogP contribution in [0.25, 0.3) is 0 Å². The van der Waals surface area contributed by atoms with Crippen LogP contribution in [-0.2, 0) is 6.54 Å². The van der Waals surface area contributed by atoms with Gasteiger partial charge in [-0.1, -0.05) is 28.1 Å². The standard InChI is InChI=1S/C15H23BrN4.2ClH/c16-14-6-3-5-13(11-14)12-19-15(17)18-7-4-10-20-8-1-2-9-20;;/h3,5-6,11H,1-2,4,7-10,12H2,(H3,17,18,19);2*1H. The Bertz CT molecular complexity index is 439. The zero-order chi connectivity index (χ0) is 14.2. The fourth-order valence-electron chi connectivity index (χ4n) is 2.42. The van der Waals surface area contributed by atoms with Gasteiger partial charge in [-0.3, -0.25) is 5.41 Å². The number of hydrogen-bond donors (Lipinski definition) is 3. The zero-order valence-corrected chi connectivity index (χ0v) is 15.8. The molecular weight excluding hydrogens is 387 g/mol. The van der Waals surface area contributed by atoms with Crippen LogP contribution < -0.4 is 10.6 Å². The van der Waals surface area contributed by atoms with Crippen LogP contribution in [0.15, 0.2) is 28.7 Å². The van der Waals surface area contributed by atoms with Crippen molar-refractivity contribution in [1.82, 2.24) is 15.5 Å². The van der Waals surface area contributed by atoms with Gasteiger partial charge in [-0.2, -0.15) is 0 Å². The summed E-state index contributed by atoms with van der Waals surface area (Å²) in [6, 6.07) is 8.13. The summed E-state index contributed by atoms with van der Waals surface area (Å²) in [7, 11) is 0. The summed E-state index contributed by atoms with van der Waals surface area (Å²) in [5.74, 6) is 0.409. The van der Waals surface area contributed by atoms with Crippen molar-refractivity contribution in [3.8, 4) is 0 Å². The van der Waals surface area contributed by atoms with Gasteiger partial charge in [0.1, 0.15) is 0 Å². The van der Waals surface area contributed by atoms with E-state index in [4.69, 9.17) is 5.41 Å². The smallest absolute Gasteiger partial charge is 0.188 e. The van der Waals surface area contributed by atoms with Crippen molar-refractivity contribution >= 4 is 46.7 Å². The largest absolute Gasteiger partial charge is 0.357 e. The van der Waals surface area contributed by atoms with Crippen LogP contribution in [0, 0.1) is 5.41 Å². The first-order valence-electron chi connectivity index (χ1n) is 7.27. The second-order valence-corrected chi connectivity index (χ2v) is 6.10. The molecule has 1 heterocycles. The Kier molecular flexibility index (Phi) is 11.7. The molecule has 3 N–H and O–H groups in total. The molecule has 1 fully saturated rings. The maximum Gasteiger partial charge on any atom is 0.188 e. The van der Waals surface area contributed by atoms with Crippen molar-refractivity contribution in [2.45, 2.75) is 25.8 Å². The SMILES string of the molecule is Cl.Cl.N=C(NCCCN1CCCC1)NCc1cccc(Br)c1. The number of benzene rings is 1. The summed E-state index contributed by atoms with van der Waals surface area (Å²) in [5, 5.41) is 14.0. The van der Waals surface area contributed by atoms with E-state index in [0.717, 1.165) is 24.0 Å². The topological polar surface area (TPSA) is 51.2 Å². The van der Waals surface area contributed by atoms with Crippen molar-refractivity contribution in [2.75, 3.05) is 26.2 Å². The first kappa shape index (κ1) is 21.5. The third-order valence-corrected chi connectivity index (χ3v) is 4.00. The molecule has 7 heteroatoms. The van der Waals surface area contributed by atoms with Crippen molar-refractivity contribution in [2.24, 2.45) is 0 Å². The van der Waals surface area contributed by atoms with Gasteiger partial charge in [-0.15, -0.1) is 24.8 Å². The molecule has 1 aromatic carbocycles. The van der Waals surface area contributed by atoms with E-state index in [9.17, 15) is 0 Å². The van der Waals surface area contributed by atoms with Gasteiger partial charge in [-0.05, 0) is 56.6 Å². The highest BCUT2D eigenvalue weighted by molar-refractivity contribution is 9.10. The molecule has 0 atom stereocenters. The van der Waals surface area contributed by atoms with Crippen molar-refractivity contribution in [3.05, 3.63) is 34.3 Å². The molecule has 1 aliphatic rings. The Labute approximate surface area is 153 Å². The van der Waals surface area contributed by atoms with Gasteiger partial charge in [0.05, 0.1) is 0 Å². The molecule has 0 amide bonds. The van der Waals surface area contributed by atoms with E-state index in [-0.39, 0.29) is 24.8 Å². The highest BCUT2D eigenvalue weighted by Crippen LogP contribution is 2.11. The summed E-state index contributed by atoms with van der Waals surface area (Å²) in [5.41, 5.74) is 1.17. The maximum atomic E-state index is 7.83. The number of nitrogens with one attached hydrogen (secondary N) is 3. The van der Waals surface area contributed by atoms with Crippen LogP contribution in [-0.4, -0.2) is 37.0 Å². The molecule has 0 unspecified atom stereocenters. The van der Waals surface area contributed by atoms with E-state index in [1.807, 2.05) is 12.1 Å². The lowest BCUT2D eigenvalue weighted by Gasteiger charge is -2.15. The average molecular weight is 412 g/mol.